The molecule has 2 unspecified atom stereocenters. The van der Waals surface area contributed by atoms with E-state index < -0.39 is 0 Å². The molecule has 0 fully saturated rings. The molecule has 4 heteroatoms. The summed E-state index contributed by atoms with van der Waals surface area (Å²) in [5.74, 6) is -0.245. The monoisotopic (exact) mass is 279 g/mol. The zero-order chi connectivity index (χ0) is 13.7. The van der Waals surface area contributed by atoms with Crippen molar-refractivity contribution in [2.45, 2.75) is 25.5 Å². The average Bonchev–Trinajstić information content (AvgIpc) is 2.89. The van der Waals surface area contributed by atoms with E-state index in [0.717, 1.165) is 12.0 Å². The van der Waals surface area contributed by atoms with Gasteiger partial charge in [-0.25, -0.2) is 4.39 Å². The van der Waals surface area contributed by atoms with Crippen LogP contribution < -0.4 is 5.73 Å². The van der Waals surface area contributed by atoms with E-state index in [0.29, 0.717) is 6.61 Å². The first-order valence-corrected chi connectivity index (χ1v) is 7.20. The normalized spacial score (nSPS) is 14.3. The van der Waals surface area contributed by atoms with Crippen molar-refractivity contribution < 1.29 is 9.13 Å². The first-order chi connectivity index (χ1) is 9.16. The van der Waals surface area contributed by atoms with Gasteiger partial charge in [-0.05, 0) is 36.1 Å². The van der Waals surface area contributed by atoms with Crippen LogP contribution in [0.4, 0.5) is 4.39 Å². The highest BCUT2D eigenvalue weighted by molar-refractivity contribution is 7.09. The Kier molecular flexibility index (Phi) is 5.07. The van der Waals surface area contributed by atoms with Crippen molar-refractivity contribution in [3.8, 4) is 0 Å². The molecule has 0 radical (unpaired) electrons. The zero-order valence-electron chi connectivity index (χ0n) is 10.9. The standard InChI is InChI=1S/C15H18FNOS/c1-11(17)15(12-4-6-13(16)7-5-12)18-9-8-14-3-2-10-19-14/h2-7,10-11,15H,8-9,17H2,1H3. The van der Waals surface area contributed by atoms with E-state index in [2.05, 4.69) is 11.4 Å². The lowest BCUT2D eigenvalue weighted by Gasteiger charge is -2.21. The SMILES string of the molecule is CC(N)C(OCCc1cccs1)c1ccc(F)cc1. The van der Waals surface area contributed by atoms with Crippen LogP contribution in [0.5, 0.6) is 0 Å². The van der Waals surface area contributed by atoms with Crippen LogP contribution >= 0.6 is 11.3 Å². The lowest BCUT2D eigenvalue weighted by molar-refractivity contribution is 0.0406. The minimum Gasteiger partial charge on any atom is -0.372 e. The molecule has 0 aliphatic rings. The van der Waals surface area contributed by atoms with Crippen molar-refractivity contribution >= 4 is 11.3 Å². The molecule has 0 spiro atoms. The number of hydrogen-bond donors (Lipinski definition) is 1. The molecule has 2 aromatic rings. The molecule has 0 bridgehead atoms. The Bertz CT molecular complexity index is 481. The van der Waals surface area contributed by atoms with Crippen molar-refractivity contribution in [1.82, 2.24) is 0 Å². The number of benzene rings is 1. The van der Waals surface area contributed by atoms with Crippen molar-refractivity contribution in [3.63, 3.8) is 0 Å². The molecule has 102 valence electrons. The Morgan fingerprint density at radius 3 is 2.58 bits per heavy atom. The van der Waals surface area contributed by atoms with Crippen LogP contribution in [-0.4, -0.2) is 12.6 Å². The van der Waals surface area contributed by atoms with E-state index in [9.17, 15) is 4.39 Å². The highest BCUT2D eigenvalue weighted by Crippen LogP contribution is 2.21. The summed E-state index contributed by atoms with van der Waals surface area (Å²) in [5.41, 5.74) is 6.87. The van der Waals surface area contributed by atoms with Gasteiger partial charge < -0.3 is 10.5 Å². The maximum atomic E-state index is 12.9. The molecule has 2 atom stereocenters. The lowest BCUT2D eigenvalue weighted by atomic mass is 10.0. The summed E-state index contributed by atoms with van der Waals surface area (Å²) < 4.78 is 18.8. The van der Waals surface area contributed by atoms with E-state index in [1.54, 1.807) is 23.5 Å². The van der Waals surface area contributed by atoms with Crippen molar-refractivity contribution in [2.24, 2.45) is 5.73 Å². The maximum absolute atomic E-state index is 12.9. The number of thiophene rings is 1. The van der Waals surface area contributed by atoms with Gasteiger partial charge in [0.05, 0.1) is 12.7 Å². The minimum atomic E-state index is -0.245. The molecule has 0 saturated carbocycles. The number of halogens is 1. The van der Waals surface area contributed by atoms with Gasteiger partial charge in [0.15, 0.2) is 0 Å². The van der Waals surface area contributed by atoms with Gasteiger partial charge in [-0.2, -0.15) is 0 Å². The van der Waals surface area contributed by atoms with E-state index >= 15 is 0 Å². The first-order valence-electron chi connectivity index (χ1n) is 6.32. The van der Waals surface area contributed by atoms with Crippen LogP contribution in [0.25, 0.3) is 0 Å². The van der Waals surface area contributed by atoms with Crippen molar-refractivity contribution in [2.75, 3.05) is 6.61 Å². The smallest absolute Gasteiger partial charge is 0.123 e. The highest BCUT2D eigenvalue weighted by atomic mass is 32.1. The summed E-state index contributed by atoms with van der Waals surface area (Å²) in [4.78, 5) is 1.29. The molecular formula is C15H18FNOS. The lowest BCUT2D eigenvalue weighted by Crippen LogP contribution is -2.27. The molecule has 2 rings (SSSR count). The minimum absolute atomic E-state index is 0.131. The van der Waals surface area contributed by atoms with Gasteiger partial charge in [0.2, 0.25) is 0 Å². The van der Waals surface area contributed by atoms with E-state index in [1.807, 2.05) is 13.0 Å². The van der Waals surface area contributed by atoms with Gasteiger partial charge in [-0.15, -0.1) is 11.3 Å². The molecule has 1 aromatic carbocycles. The fourth-order valence-corrected chi connectivity index (χ4v) is 2.64. The third kappa shape index (κ3) is 4.13. The Labute approximate surface area is 117 Å². The van der Waals surface area contributed by atoms with Crippen LogP contribution in [0.1, 0.15) is 23.5 Å². The summed E-state index contributed by atoms with van der Waals surface area (Å²) in [6, 6.07) is 10.3. The van der Waals surface area contributed by atoms with Crippen molar-refractivity contribution in [1.29, 1.82) is 0 Å². The Morgan fingerprint density at radius 2 is 2.00 bits per heavy atom. The Morgan fingerprint density at radius 1 is 1.26 bits per heavy atom. The molecule has 2 N–H and O–H groups in total. The molecule has 1 heterocycles. The molecule has 1 aromatic heterocycles. The van der Waals surface area contributed by atoms with E-state index in [1.165, 1.54) is 17.0 Å². The quantitative estimate of drug-likeness (QED) is 0.878. The maximum Gasteiger partial charge on any atom is 0.123 e. The second-order valence-electron chi connectivity index (χ2n) is 4.53. The third-order valence-corrected chi connectivity index (χ3v) is 3.84. The topological polar surface area (TPSA) is 35.2 Å². The zero-order valence-corrected chi connectivity index (χ0v) is 11.7. The van der Waals surface area contributed by atoms with Gasteiger partial charge in [0.1, 0.15) is 5.82 Å². The van der Waals surface area contributed by atoms with Crippen LogP contribution in [0.2, 0.25) is 0 Å². The van der Waals surface area contributed by atoms with Gasteiger partial charge in [0.25, 0.3) is 0 Å². The summed E-state index contributed by atoms with van der Waals surface area (Å²) in [7, 11) is 0. The summed E-state index contributed by atoms with van der Waals surface area (Å²) in [5, 5.41) is 2.05. The predicted octanol–water partition coefficient (Wildman–Crippen LogP) is 3.53. The predicted molar refractivity (Wildman–Crippen MR) is 76.8 cm³/mol. The Hall–Kier alpha value is -1.23. The van der Waals surface area contributed by atoms with Crippen LogP contribution in [0.15, 0.2) is 41.8 Å². The molecule has 0 aliphatic carbocycles. The van der Waals surface area contributed by atoms with Crippen LogP contribution in [0, 0.1) is 5.82 Å². The summed E-state index contributed by atoms with van der Waals surface area (Å²) in [6.45, 7) is 2.52. The fourth-order valence-electron chi connectivity index (χ4n) is 1.95. The second-order valence-corrected chi connectivity index (χ2v) is 5.56. The van der Waals surface area contributed by atoms with Gasteiger partial charge >= 0.3 is 0 Å². The molecular weight excluding hydrogens is 261 g/mol. The molecule has 0 amide bonds. The molecule has 19 heavy (non-hydrogen) atoms. The van der Waals surface area contributed by atoms with E-state index in [-0.39, 0.29) is 18.0 Å². The third-order valence-electron chi connectivity index (χ3n) is 2.90. The summed E-state index contributed by atoms with van der Waals surface area (Å²) >= 11 is 1.72. The van der Waals surface area contributed by atoms with Gasteiger partial charge in [0, 0.05) is 17.3 Å². The largest absolute Gasteiger partial charge is 0.372 e. The second kappa shape index (κ2) is 6.80. The number of rotatable bonds is 6. The molecule has 2 nitrogen and oxygen atoms in total. The van der Waals surface area contributed by atoms with E-state index in [4.69, 9.17) is 10.5 Å². The van der Waals surface area contributed by atoms with Gasteiger partial charge in [-0.3, -0.25) is 0 Å². The molecule has 0 aliphatic heterocycles. The highest BCUT2D eigenvalue weighted by Gasteiger charge is 2.16. The van der Waals surface area contributed by atoms with Crippen molar-refractivity contribution in [3.05, 3.63) is 58.0 Å². The van der Waals surface area contributed by atoms with Gasteiger partial charge in [-0.1, -0.05) is 18.2 Å². The summed E-state index contributed by atoms with van der Waals surface area (Å²) in [6.07, 6.45) is 0.683. The van der Waals surface area contributed by atoms with Crippen LogP contribution in [0.3, 0.4) is 0 Å². The van der Waals surface area contributed by atoms with Crippen LogP contribution in [-0.2, 0) is 11.2 Å². The number of hydrogen-bond acceptors (Lipinski definition) is 3. The average molecular weight is 279 g/mol. The fraction of sp³-hybridized carbons (Fsp3) is 0.333. The molecule has 0 saturated heterocycles. The number of nitrogens with two attached hydrogens (primary N) is 1. The first kappa shape index (κ1) is 14.2. The Balaban J connectivity index is 1.94. The number of ether oxygens (including phenoxy) is 1.